The molecule has 0 aliphatic heterocycles. The summed E-state index contributed by atoms with van der Waals surface area (Å²) in [6.07, 6.45) is 0. The van der Waals surface area contributed by atoms with E-state index in [4.69, 9.17) is 12.2 Å². The number of hydrogen-bond donors (Lipinski definition) is 0. The Morgan fingerprint density at radius 1 is 1.25 bits per heavy atom. The number of nitrogens with zero attached hydrogens (tertiary/aromatic N) is 1. The zero-order valence-corrected chi connectivity index (χ0v) is 8.14. The van der Waals surface area contributed by atoms with Crippen LogP contribution in [0.5, 0.6) is 0 Å². The SMILES string of the molecule is CC(=S)[N+](C)(C)C.[Br-]. The number of quaternary nitrogens is 1. The fourth-order valence-corrected chi connectivity index (χ4v) is 0. The maximum atomic E-state index is 4.91. The fourth-order valence-electron chi connectivity index (χ4n) is 0. The van der Waals surface area contributed by atoms with Crippen LogP contribution in [0.1, 0.15) is 6.92 Å². The topological polar surface area (TPSA) is 0 Å². The van der Waals surface area contributed by atoms with Gasteiger partial charge in [-0.2, -0.15) is 0 Å². The van der Waals surface area contributed by atoms with Crippen LogP contribution in [-0.4, -0.2) is 30.6 Å². The van der Waals surface area contributed by atoms with Crippen LogP contribution in [-0.2, 0) is 0 Å². The standard InChI is InChI=1S/C5H12NS.BrH/c1-5(7)6(2,3)4;/h1-4H3;1H/q+1;/p-1. The molecule has 0 saturated heterocycles. The number of halogens is 1. The summed E-state index contributed by atoms with van der Waals surface area (Å²) < 4.78 is 0.787. The zero-order valence-electron chi connectivity index (χ0n) is 5.73. The summed E-state index contributed by atoms with van der Waals surface area (Å²) in [4.78, 5) is 1.01. The van der Waals surface area contributed by atoms with E-state index in [0.717, 1.165) is 9.47 Å². The van der Waals surface area contributed by atoms with Crippen molar-refractivity contribution in [2.75, 3.05) is 21.1 Å². The van der Waals surface area contributed by atoms with Crippen LogP contribution in [0.15, 0.2) is 0 Å². The first kappa shape index (κ1) is 11.3. The van der Waals surface area contributed by atoms with Gasteiger partial charge in [-0.25, -0.2) is 0 Å². The van der Waals surface area contributed by atoms with Crippen molar-refractivity contribution < 1.29 is 21.5 Å². The molecule has 1 nitrogen and oxygen atoms in total. The van der Waals surface area contributed by atoms with Gasteiger partial charge in [0.25, 0.3) is 0 Å². The van der Waals surface area contributed by atoms with Gasteiger partial charge in [-0.1, -0.05) is 0 Å². The van der Waals surface area contributed by atoms with E-state index in [9.17, 15) is 0 Å². The maximum Gasteiger partial charge on any atom is 0.170 e. The molecule has 3 heteroatoms. The van der Waals surface area contributed by atoms with Crippen LogP contribution in [0.3, 0.4) is 0 Å². The summed E-state index contributed by atoms with van der Waals surface area (Å²) in [6.45, 7) is 1.95. The fraction of sp³-hybridized carbons (Fsp3) is 0.800. The monoisotopic (exact) mass is 197 g/mol. The normalized spacial score (nSPS) is 10.0. The van der Waals surface area contributed by atoms with Crippen LogP contribution >= 0.6 is 12.2 Å². The van der Waals surface area contributed by atoms with Crippen molar-refractivity contribution in [3.05, 3.63) is 0 Å². The van der Waals surface area contributed by atoms with E-state index in [1.807, 2.05) is 6.92 Å². The highest BCUT2D eigenvalue weighted by Crippen LogP contribution is 1.91. The quantitative estimate of drug-likeness (QED) is 0.322. The predicted molar refractivity (Wildman–Crippen MR) is 36.3 cm³/mol. The van der Waals surface area contributed by atoms with Gasteiger partial charge in [0.1, 0.15) is 0 Å². The molecule has 0 N–H and O–H groups in total. The Morgan fingerprint density at radius 2 is 1.38 bits per heavy atom. The van der Waals surface area contributed by atoms with Crippen molar-refractivity contribution in [2.45, 2.75) is 6.92 Å². The lowest BCUT2D eigenvalue weighted by Gasteiger charge is -2.20. The molecule has 0 fully saturated rings. The Hall–Kier alpha value is 0.530. The van der Waals surface area contributed by atoms with Gasteiger partial charge in [0.05, 0.1) is 21.1 Å². The van der Waals surface area contributed by atoms with Crippen molar-refractivity contribution in [3.8, 4) is 0 Å². The summed E-state index contributed by atoms with van der Waals surface area (Å²) in [7, 11) is 6.17. The molecule has 0 aliphatic rings. The van der Waals surface area contributed by atoms with E-state index in [-0.39, 0.29) is 17.0 Å². The minimum atomic E-state index is 0. The molecule has 0 unspecified atom stereocenters. The summed E-state index contributed by atoms with van der Waals surface area (Å²) in [6, 6.07) is 0. The third-order valence-corrected chi connectivity index (χ3v) is 1.49. The van der Waals surface area contributed by atoms with Gasteiger partial charge in [0, 0.05) is 6.92 Å². The number of thiocarbonyl (C=S) groups is 1. The van der Waals surface area contributed by atoms with Crippen LogP contribution in [0.25, 0.3) is 0 Å². The zero-order chi connectivity index (χ0) is 6.08. The maximum absolute atomic E-state index is 4.91. The Morgan fingerprint density at radius 3 is 1.38 bits per heavy atom. The van der Waals surface area contributed by atoms with Crippen molar-refractivity contribution in [2.24, 2.45) is 0 Å². The van der Waals surface area contributed by atoms with Gasteiger partial charge < -0.3 is 17.0 Å². The van der Waals surface area contributed by atoms with Gasteiger partial charge in [0.15, 0.2) is 4.99 Å². The molecule has 0 aromatic carbocycles. The predicted octanol–water partition coefficient (Wildman–Crippen LogP) is -1.96. The van der Waals surface area contributed by atoms with E-state index in [1.54, 1.807) is 0 Å². The minimum Gasteiger partial charge on any atom is -1.00 e. The summed E-state index contributed by atoms with van der Waals surface area (Å²) in [5.74, 6) is 0. The van der Waals surface area contributed by atoms with Crippen LogP contribution in [0.4, 0.5) is 0 Å². The highest BCUT2D eigenvalue weighted by molar-refractivity contribution is 7.79. The number of hydrogen-bond acceptors (Lipinski definition) is 1. The lowest BCUT2D eigenvalue weighted by atomic mass is 10.6. The molecule has 0 radical (unpaired) electrons. The van der Waals surface area contributed by atoms with Crippen LogP contribution in [0.2, 0.25) is 0 Å². The first-order valence-electron chi connectivity index (χ1n) is 2.27. The molecular formula is C5H12BrNS. The average Bonchev–Trinajstić information content (AvgIpc) is 1.31. The van der Waals surface area contributed by atoms with Crippen molar-refractivity contribution in [3.63, 3.8) is 0 Å². The Labute approximate surface area is 67.0 Å². The molecule has 0 atom stereocenters. The highest BCUT2D eigenvalue weighted by Gasteiger charge is 2.07. The van der Waals surface area contributed by atoms with E-state index in [0.29, 0.717) is 0 Å². The summed E-state index contributed by atoms with van der Waals surface area (Å²) in [5, 5.41) is 0. The largest absolute Gasteiger partial charge is 1.00 e. The highest BCUT2D eigenvalue weighted by atomic mass is 79.9. The third-order valence-electron chi connectivity index (χ3n) is 0.945. The average molecular weight is 198 g/mol. The third kappa shape index (κ3) is 4.68. The lowest BCUT2D eigenvalue weighted by Crippen LogP contribution is -3.00. The molecule has 50 valence electrons. The molecule has 0 aliphatic carbocycles. The lowest BCUT2D eigenvalue weighted by molar-refractivity contribution is -0.774. The van der Waals surface area contributed by atoms with Crippen LogP contribution < -0.4 is 17.0 Å². The van der Waals surface area contributed by atoms with Gasteiger partial charge in [-0.15, -0.1) is 0 Å². The summed E-state index contributed by atoms with van der Waals surface area (Å²) in [5.41, 5.74) is 0. The first-order valence-corrected chi connectivity index (χ1v) is 2.68. The minimum absolute atomic E-state index is 0. The van der Waals surface area contributed by atoms with E-state index in [2.05, 4.69) is 21.1 Å². The second-order valence-corrected chi connectivity index (χ2v) is 3.12. The Balaban J connectivity index is 0. The molecule has 0 aromatic heterocycles. The molecule has 0 spiro atoms. The molecular weight excluding hydrogens is 186 g/mol. The molecule has 0 aromatic rings. The van der Waals surface area contributed by atoms with Crippen LogP contribution in [0, 0.1) is 0 Å². The molecule has 0 heterocycles. The van der Waals surface area contributed by atoms with Crippen molar-refractivity contribution in [1.29, 1.82) is 0 Å². The van der Waals surface area contributed by atoms with Gasteiger partial charge >= 0.3 is 0 Å². The van der Waals surface area contributed by atoms with Gasteiger partial charge in [-0.3, -0.25) is 4.48 Å². The molecule has 0 amide bonds. The molecule has 0 saturated carbocycles. The number of rotatable bonds is 0. The van der Waals surface area contributed by atoms with E-state index < -0.39 is 0 Å². The first-order chi connectivity index (χ1) is 2.94. The molecule has 0 rings (SSSR count). The smallest absolute Gasteiger partial charge is 0.170 e. The van der Waals surface area contributed by atoms with Gasteiger partial charge in [-0.05, 0) is 12.2 Å². The molecule has 8 heavy (non-hydrogen) atoms. The summed E-state index contributed by atoms with van der Waals surface area (Å²) >= 11 is 4.91. The van der Waals surface area contributed by atoms with E-state index in [1.165, 1.54) is 0 Å². The second kappa shape index (κ2) is 3.54. The molecule has 0 bridgehead atoms. The van der Waals surface area contributed by atoms with Gasteiger partial charge in [0.2, 0.25) is 0 Å². The Bertz CT molecular complexity index is 84.9. The van der Waals surface area contributed by atoms with Crippen molar-refractivity contribution >= 4 is 17.2 Å². The van der Waals surface area contributed by atoms with E-state index >= 15 is 0 Å². The van der Waals surface area contributed by atoms with Crippen molar-refractivity contribution in [1.82, 2.24) is 0 Å². The Kier molecular flexibility index (Phi) is 5.01. The second-order valence-electron chi connectivity index (χ2n) is 2.53.